The number of pyridine rings is 1. The minimum absolute atomic E-state index is 0.0221. The minimum atomic E-state index is -3.87. The van der Waals surface area contributed by atoms with Crippen LogP contribution in [-0.4, -0.2) is 29.6 Å². The molecular formula is C22H18FN3O4S. The zero-order valence-corrected chi connectivity index (χ0v) is 17.6. The molecule has 1 aromatic heterocycles. The summed E-state index contributed by atoms with van der Waals surface area (Å²) in [4.78, 5) is 17.6. The summed E-state index contributed by atoms with van der Waals surface area (Å²) in [6, 6.07) is 9.62. The Morgan fingerprint density at radius 1 is 1.26 bits per heavy atom. The van der Waals surface area contributed by atoms with Gasteiger partial charge in [-0.2, -0.15) is 5.26 Å². The Kier molecular flexibility index (Phi) is 4.90. The van der Waals surface area contributed by atoms with E-state index < -0.39 is 32.7 Å². The molecule has 0 amide bonds. The fraction of sp³-hybridized carbons (Fsp3) is 0.227. The van der Waals surface area contributed by atoms with E-state index in [0.717, 1.165) is 6.07 Å². The fourth-order valence-corrected chi connectivity index (χ4v) is 5.14. The maximum absolute atomic E-state index is 13.9. The number of aromatic nitrogens is 1. The molecule has 0 atom stereocenters. The van der Waals surface area contributed by atoms with Crippen LogP contribution in [0.5, 0.6) is 5.75 Å². The number of nitrogens with zero attached hydrogens (tertiary/aromatic N) is 3. The molecule has 0 saturated heterocycles. The molecule has 2 aromatic carbocycles. The molecule has 0 aliphatic carbocycles. The second-order valence-electron chi connectivity index (χ2n) is 7.81. The van der Waals surface area contributed by atoms with E-state index in [1.165, 1.54) is 34.9 Å². The molecule has 0 fully saturated rings. The monoisotopic (exact) mass is 439 g/mol. The lowest BCUT2D eigenvalue weighted by Crippen LogP contribution is -2.32. The molecule has 1 aliphatic heterocycles. The van der Waals surface area contributed by atoms with Gasteiger partial charge in [-0.1, -0.05) is 13.8 Å². The Hall–Kier alpha value is -3.51. The average Bonchev–Trinajstić information content (AvgIpc) is 2.70. The SMILES string of the molecule is CC(C)Cn1c(=O)c(C2=Nc3cc(C#N)ccc3S(=O)(=O)C2)c(O)c2cc(F)ccc21. The number of fused-ring (bicyclic) bond motifs is 2. The highest BCUT2D eigenvalue weighted by atomic mass is 32.2. The fourth-order valence-electron chi connectivity index (χ4n) is 3.72. The summed E-state index contributed by atoms with van der Waals surface area (Å²) in [6.07, 6.45) is 0. The van der Waals surface area contributed by atoms with Gasteiger partial charge in [0, 0.05) is 11.9 Å². The number of nitriles is 1. The molecule has 0 spiro atoms. The van der Waals surface area contributed by atoms with Crippen LogP contribution < -0.4 is 5.56 Å². The second kappa shape index (κ2) is 7.32. The smallest absolute Gasteiger partial charge is 0.263 e. The Bertz CT molecular complexity index is 1480. The van der Waals surface area contributed by atoms with Crippen molar-refractivity contribution in [2.24, 2.45) is 10.9 Å². The summed E-state index contributed by atoms with van der Waals surface area (Å²) in [5, 5.41) is 20.1. The molecule has 0 radical (unpaired) electrons. The van der Waals surface area contributed by atoms with Gasteiger partial charge in [-0.25, -0.2) is 17.8 Å². The van der Waals surface area contributed by atoms with Crippen molar-refractivity contribution in [1.82, 2.24) is 4.57 Å². The summed E-state index contributed by atoms with van der Waals surface area (Å²) in [7, 11) is -3.87. The summed E-state index contributed by atoms with van der Waals surface area (Å²) < 4.78 is 41.0. The standard InChI is InChI=1S/C22H18FN3O4S/c1-12(2)10-26-18-5-4-14(23)8-15(18)21(27)20(22(26)28)17-11-31(29,30)19-6-3-13(9-24)7-16(19)25-17/h3-8,12,27H,10-11H2,1-2H3. The first-order valence-corrected chi connectivity index (χ1v) is 11.2. The highest BCUT2D eigenvalue weighted by Gasteiger charge is 2.31. The van der Waals surface area contributed by atoms with Crippen LogP contribution in [0.25, 0.3) is 10.9 Å². The third-order valence-electron chi connectivity index (χ3n) is 5.04. The normalized spacial score (nSPS) is 14.9. The van der Waals surface area contributed by atoms with Crippen LogP contribution in [0.2, 0.25) is 0 Å². The van der Waals surface area contributed by atoms with Crippen molar-refractivity contribution in [2.75, 3.05) is 5.75 Å². The molecule has 0 unspecified atom stereocenters. The van der Waals surface area contributed by atoms with Crippen LogP contribution in [0.1, 0.15) is 25.0 Å². The number of rotatable bonds is 3. The number of aromatic hydroxyl groups is 1. The van der Waals surface area contributed by atoms with E-state index in [2.05, 4.69) is 4.99 Å². The van der Waals surface area contributed by atoms with E-state index in [4.69, 9.17) is 5.26 Å². The molecule has 3 aromatic rings. The molecule has 158 valence electrons. The van der Waals surface area contributed by atoms with Crippen molar-refractivity contribution in [1.29, 1.82) is 5.26 Å². The summed E-state index contributed by atoms with van der Waals surface area (Å²) >= 11 is 0. The van der Waals surface area contributed by atoms with Gasteiger partial charge in [-0.05, 0) is 42.3 Å². The van der Waals surface area contributed by atoms with Gasteiger partial charge < -0.3 is 9.67 Å². The van der Waals surface area contributed by atoms with Crippen LogP contribution in [0.3, 0.4) is 0 Å². The zero-order valence-electron chi connectivity index (χ0n) is 16.8. The molecule has 0 saturated carbocycles. The van der Waals surface area contributed by atoms with E-state index >= 15 is 0 Å². The number of benzene rings is 2. The van der Waals surface area contributed by atoms with Crippen molar-refractivity contribution in [2.45, 2.75) is 25.3 Å². The van der Waals surface area contributed by atoms with Gasteiger partial charge in [0.15, 0.2) is 9.84 Å². The maximum atomic E-state index is 13.9. The van der Waals surface area contributed by atoms with Crippen LogP contribution >= 0.6 is 0 Å². The number of aliphatic imine (C=N–C) groups is 1. The predicted molar refractivity (Wildman–Crippen MR) is 114 cm³/mol. The van der Waals surface area contributed by atoms with Crippen LogP contribution in [0.15, 0.2) is 51.1 Å². The van der Waals surface area contributed by atoms with Gasteiger partial charge in [0.2, 0.25) is 0 Å². The summed E-state index contributed by atoms with van der Waals surface area (Å²) in [5.74, 6) is -1.67. The van der Waals surface area contributed by atoms with Crippen LogP contribution in [-0.2, 0) is 16.4 Å². The van der Waals surface area contributed by atoms with Crippen molar-refractivity contribution < 1.29 is 17.9 Å². The third-order valence-corrected chi connectivity index (χ3v) is 6.71. The average molecular weight is 439 g/mol. The van der Waals surface area contributed by atoms with E-state index in [-0.39, 0.29) is 45.3 Å². The number of hydrogen-bond acceptors (Lipinski definition) is 6. The van der Waals surface area contributed by atoms with Crippen molar-refractivity contribution in [3.05, 3.63) is 63.7 Å². The molecule has 9 heteroatoms. The predicted octanol–water partition coefficient (Wildman–Crippen LogP) is 3.28. The van der Waals surface area contributed by atoms with E-state index in [0.29, 0.717) is 5.52 Å². The van der Waals surface area contributed by atoms with Crippen molar-refractivity contribution in [3.8, 4) is 11.8 Å². The van der Waals surface area contributed by atoms with Crippen molar-refractivity contribution >= 4 is 32.1 Å². The lowest BCUT2D eigenvalue weighted by atomic mass is 10.1. The maximum Gasteiger partial charge on any atom is 0.263 e. The first-order chi connectivity index (χ1) is 14.6. The molecular weight excluding hydrogens is 421 g/mol. The third kappa shape index (κ3) is 3.49. The Morgan fingerprint density at radius 3 is 2.68 bits per heavy atom. The Balaban J connectivity index is 2.07. The molecule has 1 aliphatic rings. The largest absolute Gasteiger partial charge is 0.506 e. The van der Waals surface area contributed by atoms with Gasteiger partial charge >= 0.3 is 0 Å². The second-order valence-corrected chi connectivity index (χ2v) is 9.76. The lowest BCUT2D eigenvalue weighted by Gasteiger charge is -2.20. The topological polar surface area (TPSA) is 113 Å². The Morgan fingerprint density at radius 2 is 2.00 bits per heavy atom. The highest BCUT2D eigenvalue weighted by Crippen LogP contribution is 2.35. The van der Waals surface area contributed by atoms with E-state index in [9.17, 15) is 22.7 Å². The van der Waals surface area contributed by atoms with Crippen LogP contribution in [0.4, 0.5) is 10.1 Å². The molecule has 7 nitrogen and oxygen atoms in total. The molecule has 31 heavy (non-hydrogen) atoms. The number of hydrogen-bond donors (Lipinski definition) is 1. The Labute approximate surface area is 177 Å². The van der Waals surface area contributed by atoms with E-state index in [1.54, 1.807) is 0 Å². The number of halogens is 1. The van der Waals surface area contributed by atoms with Crippen molar-refractivity contribution in [3.63, 3.8) is 0 Å². The molecule has 1 N–H and O–H groups in total. The number of sulfone groups is 1. The molecule has 2 heterocycles. The highest BCUT2D eigenvalue weighted by molar-refractivity contribution is 7.92. The van der Waals surface area contributed by atoms with E-state index in [1.807, 2.05) is 19.9 Å². The molecule has 0 bridgehead atoms. The van der Waals surface area contributed by atoms with Gasteiger partial charge in [0.25, 0.3) is 5.56 Å². The van der Waals surface area contributed by atoms with Gasteiger partial charge in [0.05, 0.1) is 39.2 Å². The first-order valence-electron chi connectivity index (χ1n) is 9.52. The summed E-state index contributed by atoms with van der Waals surface area (Å²) in [5.41, 5.74) is -0.467. The first kappa shape index (κ1) is 20.8. The zero-order chi connectivity index (χ0) is 22.5. The molecule has 4 rings (SSSR count). The quantitative estimate of drug-likeness (QED) is 0.673. The van der Waals surface area contributed by atoms with Gasteiger partial charge in [-0.3, -0.25) is 4.79 Å². The van der Waals surface area contributed by atoms with Crippen LogP contribution in [0, 0.1) is 23.1 Å². The summed E-state index contributed by atoms with van der Waals surface area (Å²) in [6.45, 7) is 4.08. The minimum Gasteiger partial charge on any atom is -0.506 e. The lowest BCUT2D eigenvalue weighted by molar-refractivity contribution is 0.472. The van der Waals surface area contributed by atoms with Gasteiger partial charge in [0.1, 0.15) is 17.1 Å². The van der Waals surface area contributed by atoms with Gasteiger partial charge in [-0.15, -0.1) is 0 Å².